The zero-order chi connectivity index (χ0) is 14.9. The van der Waals surface area contributed by atoms with Crippen molar-refractivity contribution >= 4 is 5.91 Å². The van der Waals surface area contributed by atoms with E-state index in [0.717, 1.165) is 19.5 Å². The third kappa shape index (κ3) is 6.79. The van der Waals surface area contributed by atoms with Gasteiger partial charge in [-0.15, -0.1) is 0 Å². The van der Waals surface area contributed by atoms with Crippen LogP contribution in [-0.2, 0) is 4.79 Å². The molecule has 122 valence electrons. The second-order valence-corrected chi connectivity index (χ2v) is 6.93. The summed E-state index contributed by atoms with van der Waals surface area (Å²) < 4.78 is 0. The van der Waals surface area contributed by atoms with Gasteiger partial charge in [-0.25, -0.2) is 0 Å². The molecule has 1 aliphatic carbocycles. The number of hydrogen-bond acceptors (Lipinski definition) is 3. The highest BCUT2D eigenvalue weighted by Gasteiger charge is 2.17. The SMILES string of the molecule is CN(CCC1CCCCN1)CC(=O)NC1CCCCCC1. The molecule has 2 aliphatic rings. The normalized spacial score (nSPS) is 24.8. The van der Waals surface area contributed by atoms with Gasteiger partial charge in [0.05, 0.1) is 6.54 Å². The number of nitrogens with zero attached hydrogens (tertiary/aromatic N) is 1. The molecule has 0 aromatic rings. The molecule has 1 amide bonds. The number of carbonyl (C=O) groups excluding carboxylic acids is 1. The van der Waals surface area contributed by atoms with Crippen molar-refractivity contribution in [1.82, 2.24) is 15.5 Å². The number of likely N-dealkylation sites (N-methyl/N-ethyl adjacent to an activating group) is 1. The maximum atomic E-state index is 12.1. The van der Waals surface area contributed by atoms with Crippen molar-refractivity contribution in [2.45, 2.75) is 76.3 Å². The smallest absolute Gasteiger partial charge is 0.234 e. The Balaban J connectivity index is 1.59. The number of carbonyl (C=O) groups is 1. The third-order valence-corrected chi connectivity index (χ3v) is 4.91. The van der Waals surface area contributed by atoms with Crippen LogP contribution in [0.1, 0.15) is 64.2 Å². The molecule has 2 N–H and O–H groups in total. The van der Waals surface area contributed by atoms with Crippen LogP contribution in [0.15, 0.2) is 0 Å². The summed E-state index contributed by atoms with van der Waals surface area (Å²) >= 11 is 0. The maximum absolute atomic E-state index is 12.1. The first-order chi connectivity index (χ1) is 10.2. The van der Waals surface area contributed by atoms with Gasteiger partial charge >= 0.3 is 0 Å². The number of amides is 1. The average Bonchev–Trinajstić information content (AvgIpc) is 2.75. The molecule has 0 aromatic carbocycles. The highest BCUT2D eigenvalue weighted by molar-refractivity contribution is 5.78. The highest BCUT2D eigenvalue weighted by atomic mass is 16.2. The van der Waals surface area contributed by atoms with E-state index in [4.69, 9.17) is 0 Å². The van der Waals surface area contributed by atoms with Crippen molar-refractivity contribution in [3.05, 3.63) is 0 Å². The van der Waals surface area contributed by atoms with Crippen LogP contribution in [0.5, 0.6) is 0 Å². The Labute approximate surface area is 130 Å². The molecule has 2 rings (SSSR count). The summed E-state index contributed by atoms with van der Waals surface area (Å²) in [5.74, 6) is 0.209. The van der Waals surface area contributed by atoms with Gasteiger partial charge in [0.1, 0.15) is 0 Å². The lowest BCUT2D eigenvalue weighted by atomic mass is 10.0. The number of nitrogens with one attached hydrogen (secondary N) is 2. The number of rotatable bonds is 6. The summed E-state index contributed by atoms with van der Waals surface area (Å²) in [6.07, 6.45) is 12.7. The van der Waals surface area contributed by atoms with Crippen LogP contribution in [0, 0.1) is 0 Å². The van der Waals surface area contributed by atoms with Gasteiger partial charge in [0.25, 0.3) is 0 Å². The predicted octanol–water partition coefficient (Wildman–Crippen LogP) is 2.29. The molecule has 4 nitrogen and oxygen atoms in total. The molecule has 21 heavy (non-hydrogen) atoms. The van der Waals surface area contributed by atoms with E-state index < -0.39 is 0 Å². The van der Waals surface area contributed by atoms with Crippen LogP contribution in [0.3, 0.4) is 0 Å². The zero-order valence-electron chi connectivity index (χ0n) is 13.7. The van der Waals surface area contributed by atoms with Gasteiger partial charge in [0, 0.05) is 12.1 Å². The molecule has 0 radical (unpaired) electrons. The maximum Gasteiger partial charge on any atom is 0.234 e. The van der Waals surface area contributed by atoms with Crippen molar-refractivity contribution in [3.8, 4) is 0 Å². The summed E-state index contributed by atoms with van der Waals surface area (Å²) in [4.78, 5) is 14.3. The fourth-order valence-corrected chi connectivity index (χ4v) is 3.57. The van der Waals surface area contributed by atoms with Crippen LogP contribution < -0.4 is 10.6 Å². The van der Waals surface area contributed by atoms with Crippen molar-refractivity contribution in [1.29, 1.82) is 0 Å². The molecule has 4 heteroatoms. The summed E-state index contributed by atoms with van der Waals surface area (Å²) in [6, 6.07) is 1.08. The molecular formula is C17H33N3O. The fourth-order valence-electron chi connectivity index (χ4n) is 3.57. The molecule has 1 aliphatic heterocycles. The van der Waals surface area contributed by atoms with Crippen LogP contribution in [0.4, 0.5) is 0 Å². The Hall–Kier alpha value is -0.610. The quantitative estimate of drug-likeness (QED) is 0.739. The van der Waals surface area contributed by atoms with Crippen LogP contribution >= 0.6 is 0 Å². The molecule has 0 aromatic heterocycles. The molecular weight excluding hydrogens is 262 g/mol. The largest absolute Gasteiger partial charge is 0.352 e. The average molecular weight is 295 g/mol. The topological polar surface area (TPSA) is 44.4 Å². The van der Waals surface area contributed by atoms with E-state index in [1.54, 1.807) is 0 Å². The van der Waals surface area contributed by atoms with E-state index >= 15 is 0 Å². The molecule has 0 bridgehead atoms. The van der Waals surface area contributed by atoms with Gasteiger partial charge in [0.2, 0.25) is 5.91 Å². The lowest BCUT2D eigenvalue weighted by Crippen LogP contribution is -2.42. The van der Waals surface area contributed by atoms with Gasteiger partial charge in [0.15, 0.2) is 0 Å². The van der Waals surface area contributed by atoms with E-state index in [2.05, 4.69) is 22.6 Å². The van der Waals surface area contributed by atoms with Crippen molar-refractivity contribution in [3.63, 3.8) is 0 Å². The predicted molar refractivity (Wildman–Crippen MR) is 87.4 cm³/mol. The number of piperidine rings is 1. The molecule has 1 atom stereocenters. The minimum absolute atomic E-state index is 0.209. The van der Waals surface area contributed by atoms with Gasteiger partial charge < -0.3 is 10.6 Å². The van der Waals surface area contributed by atoms with Gasteiger partial charge in [-0.05, 0) is 52.2 Å². The molecule has 2 fully saturated rings. The second-order valence-electron chi connectivity index (χ2n) is 6.93. The van der Waals surface area contributed by atoms with E-state index in [-0.39, 0.29) is 5.91 Å². The summed E-state index contributed by atoms with van der Waals surface area (Å²) in [7, 11) is 2.06. The summed E-state index contributed by atoms with van der Waals surface area (Å²) in [5.41, 5.74) is 0. The first-order valence-electron chi connectivity index (χ1n) is 8.95. The lowest BCUT2D eigenvalue weighted by Gasteiger charge is -2.26. The zero-order valence-corrected chi connectivity index (χ0v) is 13.7. The Morgan fingerprint density at radius 3 is 2.48 bits per heavy atom. The molecule has 1 unspecified atom stereocenters. The second kappa shape index (κ2) is 9.42. The minimum atomic E-state index is 0.209. The summed E-state index contributed by atoms with van der Waals surface area (Å²) in [6.45, 7) is 2.72. The standard InChI is InChI=1S/C17H33N3O/c1-20(13-11-15-8-6-7-12-18-15)14-17(21)19-16-9-4-2-3-5-10-16/h15-16,18H,2-14H2,1H3,(H,19,21). The molecule has 0 spiro atoms. The van der Waals surface area contributed by atoms with Gasteiger partial charge in [-0.1, -0.05) is 32.1 Å². The third-order valence-electron chi connectivity index (χ3n) is 4.91. The van der Waals surface area contributed by atoms with Crippen LogP contribution in [0.2, 0.25) is 0 Å². The Morgan fingerprint density at radius 1 is 1.10 bits per heavy atom. The van der Waals surface area contributed by atoms with E-state index in [0.29, 0.717) is 18.6 Å². The van der Waals surface area contributed by atoms with E-state index in [1.807, 2.05) is 0 Å². The Morgan fingerprint density at radius 2 is 1.81 bits per heavy atom. The monoisotopic (exact) mass is 295 g/mol. The van der Waals surface area contributed by atoms with Gasteiger partial charge in [-0.2, -0.15) is 0 Å². The first-order valence-corrected chi connectivity index (χ1v) is 8.95. The van der Waals surface area contributed by atoms with E-state index in [1.165, 1.54) is 57.8 Å². The molecule has 1 heterocycles. The Bertz CT molecular complexity index is 294. The summed E-state index contributed by atoms with van der Waals surface area (Å²) in [5, 5.41) is 6.80. The molecule has 1 saturated carbocycles. The van der Waals surface area contributed by atoms with Crippen LogP contribution in [-0.4, -0.2) is 49.6 Å². The van der Waals surface area contributed by atoms with E-state index in [9.17, 15) is 4.79 Å². The van der Waals surface area contributed by atoms with Crippen molar-refractivity contribution in [2.24, 2.45) is 0 Å². The van der Waals surface area contributed by atoms with Crippen molar-refractivity contribution < 1.29 is 4.79 Å². The lowest BCUT2D eigenvalue weighted by molar-refractivity contribution is -0.122. The van der Waals surface area contributed by atoms with Crippen molar-refractivity contribution in [2.75, 3.05) is 26.7 Å². The highest BCUT2D eigenvalue weighted by Crippen LogP contribution is 2.17. The fraction of sp³-hybridized carbons (Fsp3) is 0.941. The minimum Gasteiger partial charge on any atom is -0.352 e. The first kappa shape index (κ1) is 16.8. The Kier molecular flexibility index (Phi) is 7.51. The number of hydrogen-bond donors (Lipinski definition) is 2. The van der Waals surface area contributed by atoms with Gasteiger partial charge in [-0.3, -0.25) is 9.69 Å². The van der Waals surface area contributed by atoms with Crippen LogP contribution in [0.25, 0.3) is 0 Å². The molecule has 1 saturated heterocycles.